The molecule has 2 aliphatic heterocycles. The zero-order valence-electron chi connectivity index (χ0n) is 16.3. The van der Waals surface area contributed by atoms with E-state index in [9.17, 15) is 5.11 Å². The number of hydrogen-bond acceptors (Lipinski definition) is 3. The van der Waals surface area contributed by atoms with E-state index in [2.05, 4.69) is 69.8 Å². The Balaban J connectivity index is 0.00000192. The number of nitrogens with zero attached hydrogens (tertiary/aromatic N) is 3. The van der Waals surface area contributed by atoms with Crippen LogP contribution >= 0.6 is 12.4 Å². The van der Waals surface area contributed by atoms with Gasteiger partial charge in [-0.15, -0.1) is 12.4 Å². The third kappa shape index (κ3) is 2.91. The van der Waals surface area contributed by atoms with E-state index in [0.717, 1.165) is 38.3 Å². The highest BCUT2D eigenvalue weighted by Gasteiger charge is 2.36. The predicted molar refractivity (Wildman–Crippen MR) is 117 cm³/mol. The molecule has 5 heteroatoms. The number of rotatable bonds is 3. The lowest BCUT2D eigenvalue weighted by Crippen LogP contribution is -2.49. The van der Waals surface area contributed by atoms with Crippen molar-refractivity contribution in [2.75, 3.05) is 31.1 Å². The summed E-state index contributed by atoms with van der Waals surface area (Å²) >= 11 is 0. The quantitative estimate of drug-likeness (QED) is 0.719. The van der Waals surface area contributed by atoms with Crippen molar-refractivity contribution in [1.29, 1.82) is 0 Å². The van der Waals surface area contributed by atoms with Crippen molar-refractivity contribution >= 4 is 29.0 Å². The largest absolute Gasteiger partial charge is 0.392 e. The lowest BCUT2D eigenvalue weighted by molar-refractivity contribution is 0.218. The first kappa shape index (κ1) is 19.3. The van der Waals surface area contributed by atoms with Gasteiger partial charge in [0.25, 0.3) is 0 Å². The van der Waals surface area contributed by atoms with E-state index < -0.39 is 0 Å². The average Bonchev–Trinajstić information content (AvgIpc) is 2.94. The maximum atomic E-state index is 10.3. The number of anilines is 1. The Hall–Kier alpha value is -2.01. The topological polar surface area (TPSA) is 31.6 Å². The van der Waals surface area contributed by atoms with Crippen LogP contribution in [0.4, 0.5) is 5.69 Å². The molecule has 0 radical (unpaired) electrons. The Kier molecular flexibility index (Phi) is 5.37. The number of fused-ring (bicyclic) bond motifs is 7. The first-order valence-electron chi connectivity index (χ1n) is 10.1. The van der Waals surface area contributed by atoms with Crippen molar-refractivity contribution in [2.24, 2.45) is 0 Å². The Bertz CT molecular complexity index is 983. The van der Waals surface area contributed by atoms with Gasteiger partial charge in [-0.1, -0.05) is 43.3 Å². The van der Waals surface area contributed by atoms with Crippen molar-refractivity contribution in [3.8, 4) is 0 Å². The Morgan fingerprint density at radius 2 is 1.82 bits per heavy atom. The summed E-state index contributed by atoms with van der Waals surface area (Å²) in [6.45, 7) is 7.52. The van der Waals surface area contributed by atoms with E-state index in [-0.39, 0.29) is 25.1 Å². The number of hydrogen-bond donors (Lipinski definition) is 1. The Morgan fingerprint density at radius 3 is 2.64 bits per heavy atom. The summed E-state index contributed by atoms with van der Waals surface area (Å²) in [6, 6.07) is 17.6. The second-order valence-corrected chi connectivity index (χ2v) is 7.76. The van der Waals surface area contributed by atoms with Gasteiger partial charge < -0.3 is 14.6 Å². The van der Waals surface area contributed by atoms with Crippen molar-refractivity contribution < 1.29 is 5.11 Å². The van der Waals surface area contributed by atoms with Gasteiger partial charge in [0, 0.05) is 54.0 Å². The SMILES string of the molecule is CCCN1CCN2c3ccccc3Cn3c(c(CO)c4ccccc43)C2C1.Cl. The second kappa shape index (κ2) is 7.78. The lowest BCUT2D eigenvalue weighted by Gasteiger charge is -2.42. The maximum Gasteiger partial charge on any atom is 0.0825 e. The fourth-order valence-corrected chi connectivity index (χ4v) is 5.09. The molecule has 0 aliphatic carbocycles. The van der Waals surface area contributed by atoms with E-state index in [1.54, 1.807) is 0 Å². The summed E-state index contributed by atoms with van der Waals surface area (Å²) in [4.78, 5) is 5.16. The molecule has 1 aromatic heterocycles. The van der Waals surface area contributed by atoms with Gasteiger partial charge in [-0.2, -0.15) is 0 Å². The van der Waals surface area contributed by atoms with Crippen LogP contribution < -0.4 is 4.90 Å². The van der Waals surface area contributed by atoms with Crippen LogP contribution in [0.25, 0.3) is 10.9 Å². The van der Waals surface area contributed by atoms with Gasteiger partial charge in [0.15, 0.2) is 0 Å². The Labute approximate surface area is 172 Å². The third-order valence-electron chi connectivity index (χ3n) is 6.23. The van der Waals surface area contributed by atoms with Crippen LogP contribution in [-0.2, 0) is 13.2 Å². The van der Waals surface area contributed by atoms with Crippen molar-refractivity contribution in [3.05, 3.63) is 65.4 Å². The highest BCUT2D eigenvalue weighted by Crippen LogP contribution is 2.41. The minimum Gasteiger partial charge on any atom is -0.392 e. The molecule has 0 bridgehead atoms. The number of aliphatic hydroxyl groups excluding tert-OH is 1. The normalized spacial score (nSPS) is 18.8. The van der Waals surface area contributed by atoms with E-state index >= 15 is 0 Å². The molecule has 1 atom stereocenters. The smallest absolute Gasteiger partial charge is 0.0825 e. The third-order valence-corrected chi connectivity index (χ3v) is 6.23. The molecular weight excluding hydrogens is 370 g/mol. The second-order valence-electron chi connectivity index (χ2n) is 7.76. The fourth-order valence-electron chi connectivity index (χ4n) is 5.09. The molecule has 2 aliphatic rings. The Morgan fingerprint density at radius 1 is 1.04 bits per heavy atom. The lowest BCUT2D eigenvalue weighted by atomic mass is 10.0. The number of para-hydroxylation sites is 2. The van der Waals surface area contributed by atoms with Crippen LogP contribution in [0.5, 0.6) is 0 Å². The summed E-state index contributed by atoms with van der Waals surface area (Å²) in [7, 11) is 0. The van der Waals surface area contributed by atoms with E-state index in [0.29, 0.717) is 0 Å². The van der Waals surface area contributed by atoms with Crippen LogP contribution in [0.2, 0.25) is 0 Å². The summed E-state index contributed by atoms with van der Waals surface area (Å²) < 4.78 is 2.46. The van der Waals surface area contributed by atoms with Gasteiger partial charge >= 0.3 is 0 Å². The molecule has 3 aromatic rings. The van der Waals surface area contributed by atoms with Gasteiger partial charge in [-0.3, -0.25) is 4.90 Å². The van der Waals surface area contributed by atoms with Gasteiger partial charge in [-0.05, 0) is 30.7 Å². The first-order chi connectivity index (χ1) is 13.3. The molecule has 2 aromatic carbocycles. The highest BCUT2D eigenvalue weighted by atomic mass is 35.5. The fraction of sp³-hybridized carbons (Fsp3) is 0.391. The zero-order valence-corrected chi connectivity index (χ0v) is 17.2. The molecule has 0 saturated carbocycles. The van der Waals surface area contributed by atoms with Gasteiger partial charge in [0.2, 0.25) is 0 Å². The average molecular weight is 398 g/mol. The molecule has 5 rings (SSSR count). The summed E-state index contributed by atoms with van der Waals surface area (Å²) in [6.07, 6.45) is 1.18. The van der Waals surface area contributed by atoms with Gasteiger partial charge in [0.05, 0.1) is 12.6 Å². The standard InChI is InChI=1S/C23H27N3O.ClH/c1-2-11-24-12-13-25-20-9-5-3-7-17(20)14-26-21-10-6-4-8-18(21)19(16-27)23(26)22(25)15-24;/h3-10,22,27H,2,11-16H2,1H3;1H. The summed E-state index contributed by atoms with van der Waals surface area (Å²) in [5.41, 5.74) is 6.37. The van der Waals surface area contributed by atoms with Crippen LogP contribution in [0.1, 0.15) is 36.2 Å². The highest BCUT2D eigenvalue weighted by molar-refractivity contribution is 5.86. The molecule has 1 fully saturated rings. The van der Waals surface area contributed by atoms with E-state index in [1.807, 2.05) is 0 Å². The minimum atomic E-state index is 0. The predicted octanol–water partition coefficient (Wildman–Crippen LogP) is 4.19. The molecular formula is C23H28ClN3O. The number of benzene rings is 2. The van der Waals surface area contributed by atoms with Crippen molar-refractivity contribution in [2.45, 2.75) is 32.5 Å². The molecule has 0 amide bonds. The number of piperazine rings is 1. The molecule has 28 heavy (non-hydrogen) atoms. The van der Waals surface area contributed by atoms with Gasteiger partial charge in [-0.25, -0.2) is 0 Å². The van der Waals surface area contributed by atoms with E-state index in [1.165, 1.54) is 34.3 Å². The minimum absolute atomic E-state index is 0. The molecule has 0 spiro atoms. The van der Waals surface area contributed by atoms with Crippen molar-refractivity contribution in [3.63, 3.8) is 0 Å². The first-order valence-corrected chi connectivity index (χ1v) is 10.1. The van der Waals surface area contributed by atoms with Crippen LogP contribution in [0.15, 0.2) is 48.5 Å². The molecule has 3 heterocycles. The number of aromatic nitrogens is 1. The number of aliphatic hydroxyl groups is 1. The molecule has 4 nitrogen and oxygen atoms in total. The summed E-state index contributed by atoms with van der Waals surface area (Å²) in [5, 5.41) is 11.5. The number of halogens is 1. The van der Waals surface area contributed by atoms with E-state index in [4.69, 9.17) is 0 Å². The van der Waals surface area contributed by atoms with Crippen molar-refractivity contribution in [1.82, 2.24) is 9.47 Å². The van der Waals surface area contributed by atoms with Crippen LogP contribution in [-0.4, -0.2) is 40.8 Å². The van der Waals surface area contributed by atoms with Crippen LogP contribution in [0.3, 0.4) is 0 Å². The van der Waals surface area contributed by atoms with Gasteiger partial charge in [0.1, 0.15) is 0 Å². The van der Waals surface area contributed by atoms with Crippen LogP contribution in [0, 0.1) is 0 Å². The molecule has 1 saturated heterocycles. The molecule has 148 valence electrons. The summed E-state index contributed by atoms with van der Waals surface area (Å²) in [5.74, 6) is 0. The molecule has 1 N–H and O–H groups in total. The zero-order chi connectivity index (χ0) is 18.4. The molecule has 1 unspecified atom stereocenters. The monoisotopic (exact) mass is 397 g/mol. The maximum absolute atomic E-state index is 10.3.